The van der Waals surface area contributed by atoms with Crippen molar-refractivity contribution < 1.29 is 17.6 Å². The number of nitrogens with zero attached hydrogens (tertiary/aromatic N) is 1. The Hall–Kier alpha value is -1.51. The van der Waals surface area contributed by atoms with E-state index in [9.17, 15) is 17.6 Å². The summed E-state index contributed by atoms with van der Waals surface area (Å²) in [6.07, 6.45) is 1.30. The van der Waals surface area contributed by atoms with Crippen LogP contribution in [0.1, 0.15) is 12.8 Å². The van der Waals surface area contributed by atoms with E-state index in [1.54, 1.807) is 7.05 Å². The van der Waals surface area contributed by atoms with Crippen molar-refractivity contribution in [1.29, 1.82) is 0 Å². The van der Waals surface area contributed by atoms with Crippen molar-refractivity contribution in [3.05, 3.63) is 30.1 Å². The van der Waals surface area contributed by atoms with E-state index in [0.717, 1.165) is 12.1 Å². The molecule has 1 heterocycles. The number of nitrogens with one attached hydrogen (secondary N) is 2. The molecule has 1 aliphatic rings. The quantitative estimate of drug-likeness (QED) is 0.740. The van der Waals surface area contributed by atoms with Crippen LogP contribution in [0.15, 0.2) is 29.2 Å². The molecule has 1 fully saturated rings. The molecule has 1 aliphatic heterocycles. The number of piperidine rings is 1. The van der Waals surface area contributed by atoms with Crippen LogP contribution in [0.25, 0.3) is 0 Å². The summed E-state index contributed by atoms with van der Waals surface area (Å²) in [7, 11) is -1.90. The van der Waals surface area contributed by atoms with Gasteiger partial charge in [-0.2, -0.15) is 4.31 Å². The van der Waals surface area contributed by atoms with Gasteiger partial charge in [0.1, 0.15) is 5.82 Å². The summed E-state index contributed by atoms with van der Waals surface area (Å²) in [5, 5.41) is 5.73. The molecule has 23 heavy (non-hydrogen) atoms. The number of sulfonamides is 1. The molecule has 2 N–H and O–H groups in total. The van der Waals surface area contributed by atoms with Crippen LogP contribution in [-0.2, 0) is 14.8 Å². The van der Waals surface area contributed by atoms with E-state index in [1.807, 2.05) is 0 Å². The zero-order chi connectivity index (χ0) is 16.9. The molecule has 0 bridgehead atoms. The third-order valence-electron chi connectivity index (χ3n) is 3.88. The molecule has 0 radical (unpaired) electrons. The number of hydrogen-bond acceptors (Lipinski definition) is 4. The summed E-state index contributed by atoms with van der Waals surface area (Å²) in [5.41, 5.74) is 0. The van der Waals surface area contributed by atoms with Gasteiger partial charge >= 0.3 is 0 Å². The van der Waals surface area contributed by atoms with Crippen LogP contribution in [0.3, 0.4) is 0 Å². The molecule has 0 spiro atoms. The lowest BCUT2D eigenvalue weighted by Gasteiger charge is -2.31. The van der Waals surface area contributed by atoms with Gasteiger partial charge in [-0.1, -0.05) is 0 Å². The minimum Gasteiger partial charge on any atom is -0.355 e. The summed E-state index contributed by atoms with van der Waals surface area (Å²) in [4.78, 5) is 12.2. The first-order valence-corrected chi connectivity index (χ1v) is 9.07. The Morgan fingerprint density at radius 1 is 1.30 bits per heavy atom. The maximum Gasteiger partial charge on any atom is 0.243 e. The monoisotopic (exact) mass is 343 g/mol. The molecular formula is C15H22FN3O3S. The van der Waals surface area contributed by atoms with Crippen LogP contribution >= 0.6 is 0 Å². The van der Waals surface area contributed by atoms with Crippen molar-refractivity contribution >= 4 is 15.9 Å². The van der Waals surface area contributed by atoms with Crippen molar-refractivity contribution in [2.24, 2.45) is 5.92 Å². The Bertz CT molecular complexity index is 634. The van der Waals surface area contributed by atoms with Gasteiger partial charge in [-0.3, -0.25) is 4.79 Å². The minimum absolute atomic E-state index is 0.0511. The van der Waals surface area contributed by atoms with Crippen LogP contribution in [0.4, 0.5) is 4.39 Å². The molecule has 128 valence electrons. The molecule has 1 saturated heterocycles. The van der Waals surface area contributed by atoms with Gasteiger partial charge in [0.15, 0.2) is 0 Å². The number of carbonyl (C=O) groups is 1. The maximum atomic E-state index is 13.0. The highest BCUT2D eigenvalue weighted by Crippen LogP contribution is 2.24. The fraction of sp³-hybridized carbons (Fsp3) is 0.533. The molecule has 1 aromatic carbocycles. The second-order valence-electron chi connectivity index (χ2n) is 5.55. The summed E-state index contributed by atoms with van der Waals surface area (Å²) < 4.78 is 39.5. The van der Waals surface area contributed by atoms with Gasteiger partial charge < -0.3 is 10.6 Å². The zero-order valence-electron chi connectivity index (χ0n) is 13.1. The number of hydrogen-bond donors (Lipinski definition) is 2. The highest BCUT2D eigenvalue weighted by Gasteiger charge is 2.33. The fourth-order valence-electron chi connectivity index (χ4n) is 2.59. The van der Waals surface area contributed by atoms with Crippen molar-refractivity contribution in [1.82, 2.24) is 14.9 Å². The Morgan fingerprint density at radius 2 is 2.00 bits per heavy atom. The number of likely N-dealkylation sites (N-methyl/N-ethyl adjacent to an activating group) is 1. The summed E-state index contributed by atoms with van der Waals surface area (Å²) >= 11 is 0. The SMILES string of the molecule is CNCCNC(=O)C1CCCN(S(=O)(=O)c2ccc(F)cc2)C1. The van der Waals surface area contributed by atoms with Gasteiger partial charge in [0.25, 0.3) is 0 Å². The Labute approximate surface area is 136 Å². The molecule has 1 amide bonds. The normalized spacial score (nSPS) is 19.5. The van der Waals surface area contributed by atoms with Gasteiger partial charge in [-0.25, -0.2) is 12.8 Å². The largest absolute Gasteiger partial charge is 0.355 e. The molecular weight excluding hydrogens is 321 g/mol. The fourth-order valence-corrected chi connectivity index (χ4v) is 4.11. The minimum atomic E-state index is -3.70. The first-order chi connectivity index (χ1) is 10.9. The summed E-state index contributed by atoms with van der Waals surface area (Å²) in [6, 6.07) is 4.75. The van der Waals surface area contributed by atoms with Crippen LogP contribution in [0.2, 0.25) is 0 Å². The highest BCUT2D eigenvalue weighted by molar-refractivity contribution is 7.89. The van der Waals surface area contributed by atoms with E-state index in [0.29, 0.717) is 32.5 Å². The van der Waals surface area contributed by atoms with E-state index >= 15 is 0 Å². The van der Waals surface area contributed by atoms with Crippen LogP contribution in [0.5, 0.6) is 0 Å². The van der Waals surface area contributed by atoms with Crippen molar-refractivity contribution in [3.63, 3.8) is 0 Å². The van der Waals surface area contributed by atoms with Gasteiger partial charge in [-0.15, -0.1) is 0 Å². The van der Waals surface area contributed by atoms with E-state index < -0.39 is 15.8 Å². The van der Waals surface area contributed by atoms with Crippen LogP contribution < -0.4 is 10.6 Å². The van der Waals surface area contributed by atoms with Crippen LogP contribution in [0, 0.1) is 11.7 Å². The smallest absolute Gasteiger partial charge is 0.243 e. The van der Waals surface area contributed by atoms with Crippen molar-refractivity contribution in [3.8, 4) is 0 Å². The molecule has 1 atom stereocenters. The lowest BCUT2D eigenvalue weighted by molar-refractivity contribution is -0.126. The van der Waals surface area contributed by atoms with E-state index in [1.165, 1.54) is 16.4 Å². The molecule has 6 nitrogen and oxygen atoms in total. The first-order valence-electron chi connectivity index (χ1n) is 7.63. The molecule has 8 heteroatoms. The zero-order valence-corrected chi connectivity index (χ0v) is 13.9. The Morgan fingerprint density at radius 3 is 2.65 bits per heavy atom. The van der Waals surface area contributed by atoms with Gasteiger partial charge in [0.2, 0.25) is 15.9 Å². The average molecular weight is 343 g/mol. The lowest BCUT2D eigenvalue weighted by atomic mass is 9.99. The molecule has 0 aliphatic carbocycles. The Balaban J connectivity index is 2.05. The number of amides is 1. The van der Waals surface area contributed by atoms with Crippen molar-refractivity contribution in [2.75, 3.05) is 33.2 Å². The molecule has 0 aromatic heterocycles. The number of rotatable bonds is 6. The third kappa shape index (κ3) is 4.49. The van der Waals surface area contributed by atoms with E-state index in [2.05, 4.69) is 10.6 Å². The maximum absolute atomic E-state index is 13.0. The predicted molar refractivity (Wildman–Crippen MR) is 84.8 cm³/mol. The average Bonchev–Trinajstić information content (AvgIpc) is 2.55. The third-order valence-corrected chi connectivity index (χ3v) is 5.76. The van der Waals surface area contributed by atoms with Crippen LogP contribution in [-0.4, -0.2) is 51.9 Å². The lowest BCUT2D eigenvalue weighted by Crippen LogP contribution is -2.46. The molecule has 1 aromatic rings. The predicted octanol–water partition coefficient (Wildman–Crippen LogP) is 0.562. The van der Waals surface area contributed by atoms with E-state index in [-0.39, 0.29) is 23.3 Å². The number of halogens is 1. The van der Waals surface area contributed by atoms with E-state index in [4.69, 9.17) is 0 Å². The topological polar surface area (TPSA) is 78.5 Å². The molecule has 2 rings (SSSR count). The van der Waals surface area contributed by atoms with Gasteiger partial charge in [0.05, 0.1) is 10.8 Å². The van der Waals surface area contributed by atoms with Gasteiger partial charge in [-0.05, 0) is 44.2 Å². The summed E-state index contributed by atoms with van der Waals surface area (Å²) in [6.45, 7) is 1.71. The summed E-state index contributed by atoms with van der Waals surface area (Å²) in [5.74, 6) is -0.959. The second-order valence-corrected chi connectivity index (χ2v) is 7.49. The Kier molecular flexibility index (Phi) is 6.09. The molecule has 0 saturated carbocycles. The number of benzene rings is 1. The van der Waals surface area contributed by atoms with Crippen molar-refractivity contribution in [2.45, 2.75) is 17.7 Å². The molecule has 1 unspecified atom stereocenters. The highest BCUT2D eigenvalue weighted by atomic mass is 32.2. The first kappa shape index (κ1) is 17.8. The second kappa shape index (κ2) is 7.85. The van der Waals surface area contributed by atoms with Gasteiger partial charge in [0, 0.05) is 26.2 Å². The number of carbonyl (C=O) groups excluding carboxylic acids is 1. The standard InChI is InChI=1S/C15H22FN3O3S/c1-17-8-9-18-15(20)12-3-2-10-19(11-12)23(21,22)14-6-4-13(16)5-7-14/h4-7,12,17H,2-3,8-11H2,1H3,(H,18,20).